The van der Waals surface area contributed by atoms with Crippen molar-refractivity contribution in [3.05, 3.63) is 71.8 Å². The Morgan fingerprint density at radius 2 is 1.18 bits per heavy atom. The lowest BCUT2D eigenvalue weighted by atomic mass is 9.76. The molecule has 0 amide bonds. The van der Waals surface area contributed by atoms with Crippen LogP contribution in [0.1, 0.15) is 25.0 Å². The number of hydrogen-bond acceptors (Lipinski definition) is 2. The average molecular weight is 315 g/mol. The molecule has 0 saturated carbocycles. The predicted octanol–water partition coefficient (Wildman–Crippen LogP) is 4.66. The Hall–Kier alpha value is -1.42. The van der Waals surface area contributed by atoms with Gasteiger partial charge in [-0.3, -0.25) is 0 Å². The SMILES string of the molecule is CC(O)(c1ccccc1)C(C)(O[Si](C)(C)C)c1ccccc1. The lowest BCUT2D eigenvalue weighted by Crippen LogP contribution is -2.52. The Labute approximate surface area is 134 Å². The van der Waals surface area contributed by atoms with Crippen LogP contribution in [0, 0.1) is 0 Å². The van der Waals surface area contributed by atoms with E-state index in [9.17, 15) is 5.11 Å². The normalized spacial score (nSPS) is 17.5. The van der Waals surface area contributed by atoms with E-state index in [4.69, 9.17) is 4.43 Å². The van der Waals surface area contributed by atoms with E-state index >= 15 is 0 Å². The van der Waals surface area contributed by atoms with E-state index in [2.05, 4.69) is 19.6 Å². The summed E-state index contributed by atoms with van der Waals surface area (Å²) in [4.78, 5) is 0. The van der Waals surface area contributed by atoms with Gasteiger partial charge in [-0.25, -0.2) is 0 Å². The van der Waals surface area contributed by atoms with Gasteiger partial charge < -0.3 is 9.53 Å². The fourth-order valence-electron chi connectivity index (χ4n) is 2.85. The van der Waals surface area contributed by atoms with Crippen LogP contribution in [-0.2, 0) is 15.6 Å². The molecule has 0 aromatic heterocycles. The first kappa shape index (κ1) is 16.9. The van der Waals surface area contributed by atoms with Crippen LogP contribution in [-0.4, -0.2) is 13.4 Å². The lowest BCUT2D eigenvalue weighted by Gasteiger charge is -2.47. The monoisotopic (exact) mass is 314 g/mol. The standard InChI is InChI=1S/C19H26O2Si/c1-18(20,16-12-8-6-9-13-16)19(2,21-22(3,4)5)17-14-10-7-11-15-17/h6-15,20H,1-5H3. The Kier molecular flexibility index (Phi) is 4.61. The second-order valence-electron chi connectivity index (χ2n) is 7.05. The lowest BCUT2D eigenvalue weighted by molar-refractivity contribution is -0.131. The summed E-state index contributed by atoms with van der Waals surface area (Å²) in [6.45, 7) is 10.3. The molecule has 2 aromatic rings. The largest absolute Gasteiger partial charge is 0.405 e. The molecule has 22 heavy (non-hydrogen) atoms. The highest BCUT2D eigenvalue weighted by Crippen LogP contribution is 2.44. The van der Waals surface area contributed by atoms with E-state index < -0.39 is 19.5 Å². The van der Waals surface area contributed by atoms with Crippen LogP contribution in [0.3, 0.4) is 0 Å². The van der Waals surface area contributed by atoms with E-state index in [0.717, 1.165) is 11.1 Å². The van der Waals surface area contributed by atoms with Gasteiger partial charge in [-0.1, -0.05) is 60.7 Å². The molecule has 0 radical (unpaired) electrons. The molecule has 2 rings (SSSR count). The minimum Gasteiger partial charge on any atom is -0.405 e. The molecule has 0 heterocycles. The number of hydrogen-bond donors (Lipinski definition) is 1. The molecule has 0 bridgehead atoms. The van der Waals surface area contributed by atoms with E-state index in [1.54, 1.807) is 0 Å². The number of benzene rings is 2. The summed E-state index contributed by atoms with van der Waals surface area (Å²) in [6, 6.07) is 19.8. The molecule has 3 heteroatoms. The van der Waals surface area contributed by atoms with Crippen molar-refractivity contribution < 1.29 is 9.53 Å². The Balaban J connectivity index is 2.58. The summed E-state index contributed by atoms with van der Waals surface area (Å²) in [5, 5.41) is 11.4. The van der Waals surface area contributed by atoms with Gasteiger partial charge in [0.15, 0.2) is 8.32 Å². The molecule has 0 aliphatic carbocycles. The zero-order valence-corrected chi connectivity index (χ0v) is 15.1. The molecule has 0 aliphatic rings. The third-order valence-electron chi connectivity index (χ3n) is 4.10. The fourth-order valence-corrected chi connectivity index (χ4v) is 4.39. The molecule has 2 unspecified atom stereocenters. The van der Waals surface area contributed by atoms with Gasteiger partial charge in [0.25, 0.3) is 0 Å². The quantitative estimate of drug-likeness (QED) is 0.813. The van der Waals surface area contributed by atoms with Crippen molar-refractivity contribution in [2.75, 3.05) is 0 Å². The Morgan fingerprint density at radius 1 is 0.773 bits per heavy atom. The van der Waals surface area contributed by atoms with Crippen molar-refractivity contribution in [1.82, 2.24) is 0 Å². The highest BCUT2D eigenvalue weighted by atomic mass is 28.4. The van der Waals surface area contributed by atoms with Crippen LogP contribution in [0.15, 0.2) is 60.7 Å². The van der Waals surface area contributed by atoms with Crippen molar-refractivity contribution in [1.29, 1.82) is 0 Å². The third kappa shape index (κ3) is 3.32. The molecule has 0 spiro atoms. The maximum Gasteiger partial charge on any atom is 0.185 e. The summed E-state index contributed by atoms with van der Waals surface area (Å²) in [7, 11) is -1.88. The van der Waals surface area contributed by atoms with Crippen LogP contribution in [0.2, 0.25) is 19.6 Å². The fraction of sp³-hybridized carbons (Fsp3) is 0.368. The summed E-state index contributed by atoms with van der Waals surface area (Å²) >= 11 is 0. The minimum absolute atomic E-state index is 0.805. The zero-order chi connectivity index (χ0) is 16.4. The predicted molar refractivity (Wildman–Crippen MR) is 94.2 cm³/mol. The molecule has 1 N–H and O–H groups in total. The summed E-state index contributed by atoms with van der Waals surface area (Å²) in [5.74, 6) is 0. The van der Waals surface area contributed by atoms with Gasteiger partial charge in [0.2, 0.25) is 0 Å². The van der Waals surface area contributed by atoms with Crippen LogP contribution in [0.5, 0.6) is 0 Å². The Morgan fingerprint density at radius 3 is 1.59 bits per heavy atom. The second-order valence-corrected chi connectivity index (χ2v) is 11.5. The van der Waals surface area contributed by atoms with Gasteiger partial charge >= 0.3 is 0 Å². The zero-order valence-electron chi connectivity index (χ0n) is 14.1. The van der Waals surface area contributed by atoms with Crippen LogP contribution < -0.4 is 0 Å². The van der Waals surface area contributed by atoms with Crippen LogP contribution in [0.4, 0.5) is 0 Å². The van der Waals surface area contributed by atoms with Crippen molar-refractivity contribution in [3.8, 4) is 0 Å². The topological polar surface area (TPSA) is 29.5 Å². The van der Waals surface area contributed by atoms with Crippen molar-refractivity contribution in [2.24, 2.45) is 0 Å². The highest BCUT2D eigenvalue weighted by molar-refractivity contribution is 6.69. The summed E-state index contributed by atoms with van der Waals surface area (Å²) < 4.78 is 6.52. The third-order valence-corrected chi connectivity index (χ3v) is 5.12. The maximum absolute atomic E-state index is 11.4. The van der Waals surface area contributed by atoms with Gasteiger partial charge in [-0.05, 0) is 44.6 Å². The molecule has 2 aromatic carbocycles. The molecular weight excluding hydrogens is 288 g/mol. The summed E-state index contributed by atoms with van der Waals surface area (Å²) in [6.07, 6.45) is 0. The highest BCUT2D eigenvalue weighted by Gasteiger charge is 2.49. The maximum atomic E-state index is 11.4. The van der Waals surface area contributed by atoms with E-state index in [1.165, 1.54) is 0 Å². The molecule has 2 nitrogen and oxygen atoms in total. The molecular formula is C19H26O2Si. The van der Waals surface area contributed by atoms with Crippen molar-refractivity contribution >= 4 is 8.32 Å². The first-order chi connectivity index (χ1) is 10.2. The first-order valence-corrected chi connectivity index (χ1v) is 11.1. The molecule has 0 fully saturated rings. The summed E-state index contributed by atoms with van der Waals surface area (Å²) in [5.41, 5.74) is -0.0819. The van der Waals surface area contributed by atoms with E-state index in [1.807, 2.05) is 74.5 Å². The van der Waals surface area contributed by atoms with Crippen molar-refractivity contribution in [2.45, 2.75) is 44.7 Å². The minimum atomic E-state index is -1.88. The average Bonchev–Trinajstić information content (AvgIpc) is 2.47. The molecule has 0 aliphatic heterocycles. The van der Waals surface area contributed by atoms with Gasteiger partial charge in [0.1, 0.15) is 11.2 Å². The van der Waals surface area contributed by atoms with Gasteiger partial charge in [0.05, 0.1) is 0 Å². The molecule has 0 saturated heterocycles. The first-order valence-electron chi connectivity index (χ1n) is 7.70. The number of rotatable bonds is 5. The van der Waals surface area contributed by atoms with E-state index in [-0.39, 0.29) is 0 Å². The van der Waals surface area contributed by atoms with Gasteiger partial charge in [-0.15, -0.1) is 0 Å². The smallest absolute Gasteiger partial charge is 0.185 e. The Bertz CT molecular complexity index is 602. The van der Waals surface area contributed by atoms with Crippen molar-refractivity contribution in [3.63, 3.8) is 0 Å². The van der Waals surface area contributed by atoms with Crippen LogP contribution in [0.25, 0.3) is 0 Å². The number of aliphatic hydroxyl groups is 1. The van der Waals surface area contributed by atoms with Crippen LogP contribution >= 0.6 is 0 Å². The molecule has 2 atom stereocenters. The van der Waals surface area contributed by atoms with E-state index in [0.29, 0.717) is 0 Å². The van der Waals surface area contributed by atoms with Gasteiger partial charge in [0, 0.05) is 0 Å². The molecule has 118 valence electrons. The van der Waals surface area contributed by atoms with Gasteiger partial charge in [-0.2, -0.15) is 0 Å². The second kappa shape index (κ2) is 5.99.